The van der Waals surface area contributed by atoms with Gasteiger partial charge in [0.15, 0.2) is 0 Å². The lowest BCUT2D eigenvalue weighted by Crippen LogP contribution is -2.26. The van der Waals surface area contributed by atoms with Gasteiger partial charge in [-0.25, -0.2) is 14.4 Å². The molecule has 0 radical (unpaired) electrons. The predicted octanol–water partition coefficient (Wildman–Crippen LogP) is 13.1. The van der Waals surface area contributed by atoms with Gasteiger partial charge in [0.2, 0.25) is 0 Å². The number of carbonyl (C=O) groups excluding carboxylic acids is 6. The molecule has 416 valence electrons. The van der Waals surface area contributed by atoms with Crippen molar-refractivity contribution in [2.75, 3.05) is 26.4 Å². The van der Waals surface area contributed by atoms with E-state index in [1.807, 2.05) is 18.2 Å². The van der Waals surface area contributed by atoms with Crippen molar-refractivity contribution in [1.29, 1.82) is 15.8 Å². The van der Waals surface area contributed by atoms with Crippen LogP contribution in [-0.4, -0.2) is 68.5 Å². The maximum Gasteiger partial charge on any atom is 0.338 e. The molecule has 0 bridgehead atoms. The highest BCUT2D eigenvalue weighted by Gasteiger charge is 2.21. The third kappa shape index (κ3) is 27.8. The molecule has 3 aromatic carbocycles. The van der Waals surface area contributed by atoms with Crippen molar-refractivity contribution in [2.24, 2.45) is 0 Å². The second-order valence-corrected chi connectivity index (χ2v) is 19.0. The number of rotatable bonds is 41. The Hall–Kier alpha value is -7.83. The molecule has 0 aliphatic carbocycles. The third-order valence-corrected chi connectivity index (χ3v) is 12.7. The van der Waals surface area contributed by atoms with Gasteiger partial charge in [-0.3, -0.25) is 14.4 Å². The van der Waals surface area contributed by atoms with Crippen molar-refractivity contribution in [3.8, 4) is 18.2 Å². The molecule has 0 atom stereocenters. The summed E-state index contributed by atoms with van der Waals surface area (Å²) in [4.78, 5) is 75.4. The van der Waals surface area contributed by atoms with Gasteiger partial charge in [-0.15, -0.1) is 0 Å². The Morgan fingerprint density at radius 3 is 0.885 bits per heavy atom. The second-order valence-electron chi connectivity index (χ2n) is 19.0. The summed E-state index contributed by atoms with van der Waals surface area (Å²) in [5.74, 6) is -2.83. The monoisotopic (exact) mass is 1070 g/mol. The fourth-order valence-corrected chi connectivity index (χ4v) is 8.01. The molecule has 0 fully saturated rings. The number of esters is 6. The molecule has 0 aliphatic rings. The Labute approximate surface area is 461 Å². The van der Waals surface area contributed by atoms with Gasteiger partial charge in [-0.1, -0.05) is 152 Å². The molecule has 0 spiro atoms. The average Bonchev–Trinajstić information content (AvgIpc) is 3.45. The highest BCUT2D eigenvalue weighted by molar-refractivity contribution is 6.16. The van der Waals surface area contributed by atoms with E-state index in [0.29, 0.717) is 72.1 Å². The first-order valence-corrected chi connectivity index (χ1v) is 27.5. The number of unbranched alkanes of at least 4 members (excludes halogenated alkanes) is 18. The molecule has 78 heavy (non-hydrogen) atoms. The standard InChI is InChI=1S/C63H77N3O12/c1-48(54-34-28-51(45-64)29-35-54)61(70)74-41-22-16-10-4-7-13-19-25-57(67)73-44-40-60(77-58(68)26-20-14-8-5-11-17-23-42-75-62(71)49(2)55-36-30-52(46-65)31-37-55)78-59(69)27-21-15-9-6-12-18-24-43-76-63(72)50(3)56-38-32-53(47-66)33-39-56/h28-39,60H,1-27,40-44H2. The minimum atomic E-state index is -1.19. The van der Waals surface area contributed by atoms with Crippen molar-refractivity contribution in [2.45, 2.75) is 167 Å². The number of hydrogen-bond donors (Lipinski definition) is 0. The van der Waals surface area contributed by atoms with Crippen LogP contribution in [0.15, 0.2) is 92.5 Å². The van der Waals surface area contributed by atoms with Crippen LogP contribution in [0, 0.1) is 34.0 Å². The summed E-state index contributed by atoms with van der Waals surface area (Å²) >= 11 is 0. The van der Waals surface area contributed by atoms with Crippen LogP contribution >= 0.6 is 0 Å². The van der Waals surface area contributed by atoms with E-state index in [4.69, 9.17) is 44.2 Å². The summed E-state index contributed by atoms with van der Waals surface area (Å²) in [5, 5.41) is 26.9. The lowest BCUT2D eigenvalue weighted by atomic mass is 10.1. The second kappa shape index (κ2) is 39.5. The smallest absolute Gasteiger partial charge is 0.338 e. The molecule has 0 N–H and O–H groups in total. The number of carbonyl (C=O) groups is 6. The lowest BCUT2D eigenvalue weighted by Gasteiger charge is -2.18. The van der Waals surface area contributed by atoms with Crippen molar-refractivity contribution in [3.63, 3.8) is 0 Å². The Morgan fingerprint density at radius 2 is 0.603 bits per heavy atom. The zero-order valence-electron chi connectivity index (χ0n) is 45.4. The van der Waals surface area contributed by atoms with Gasteiger partial charge in [-0.2, -0.15) is 15.8 Å². The van der Waals surface area contributed by atoms with Crippen LogP contribution in [0.3, 0.4) is 0 Å². The molecular weight excluding hydrogens is 991 g/mol. The van der Waals surface area contributed by atoms with E-state index in [9.17, 15) is 28.8 Å². The van der Waals surface area contributed by atoms with E-state index in [1.54, 1.807) is 72.8 Å². The summed E-state index contributed by atoms with van der Waals surface area (Å²) in [6.07, 6.45) is 16.9. The molecule has 0 saturated heterocycles. The molecule has 0 unspecified atom stereocenters. The van der Waals surface area contributed by atoms with Crippen molar-refractivity contribution < 1.29 is 57.2 Å². The molecular formula is C63H77N3O12. The molecule has 15 nitrogen and oxygen atoms in total. The highest BCUT2D eigenvalue weighted by Crippen LogP contribution is 2.20. The fourth-order valence-electron chi connectivity index (χ4n) is 8.01. The third-order valence-electron chi connectivity index (χ3n) is 12.7. The maximum atomic E-state index is 12.9. The van der Waals surface area contributed by atoms with E-state index in [-0.39, 0.29) is 68.2 Å². The minimum absolute atomic E-state index is 0.0137. The molecule has 0 heterocycles. The summed E-state index contributed by atoms with van der Waals surface area (Å²) in [5.41, 5.74) is 4.06. The van der Waals surface area contributed by atoms with Crippen LogP contribution < -0.4 is 0 Å². The van der Waals surface area contributed by atoms with E-state index < -0.39 is 36.1 Å². The summed E-state index contributed by atoms with van der Waals surface area (Å²) in [6, 6.07) is 25.9. The SMILES string of the molecule is C=C(C(=O)OCCCCCCCCCC(=O)OCCC(OC(=O)CCCCCCCCCOC(=O)C(=C)c1ccc(C#N)cc1)OC(=O)CCCCCCCCCOC(=O)C(=C)c1ccc(C#N)cc1)c1ccc(C#N)cc1. The van der Waals surface area contributed by atoms with Gasteiger partial charge in [-0.05, 0) is 91.6 Å². The first kappa shape index (κ1) is 64.5. The molecule has 3 aromatic rings. The van der Waals surface area contributed by atoms with Crippen LogP contribution in [0.25, 0.3) is 16.7 Å². The molecule has 15 heteroatoms. The van der Waals surface area contributed by atoms with E-state index in [0.717, 1.165) is 103 Å². The van der Waals surface area contributed by atoms with Crippen LogP contribution in [-0.2, 0) is 57.2 Å². The quantitative estimate of drug-likeness (QED) is 0.0169. The Morgan fingerprint density at radius 1 is 0.346 bits per heavy atom. The van der Waals surface area contributed by atoms with Gasteiger partial charge in [0.1, 0.15) is 0 Å². The minimum Gasteiger partial charge on any atom is -0.465 e. The number of nitriles is 3. The van der Waals surface area contributed by atoms with Crippen LogP contribution in [0.4, 0.5) is 0 Å². The lowest BCUT2D eigenvalue weighted by molar-refractivity contribution is -0.191. The molecule has 3 rings (SSSR count). The highest BCUT2D eigenvalue weighted by atomic mass is 16.7. The van der Waals surface area contributed by atoms with Crippen LogP contribution in [0.2, 0.25) is 0 Å². The molecule has 0 aromatic heterocycles. The Bertz CT molecular complexity index is 2400. The van der Waals surface area contributed by atoms with Crippen molar-refractivity contribution in [3.05, 3.63) is 126 Å². The summed E-state index contributed by atoms with van der Waals surface area (Å²) in [7, 11) is 0. The fraction of sp³-hybridized carbons (Fsp3) is 0.476. The Balaban J connectivity index is 1.28. The first-order valence-electron chi connectivity index (χ1n) is 27.5. The van der Waals surface area contributed by atoms with E-state index >= 15 is 0 Å². The maximum absolute atomic E-state index is 12.9. The molecule has 0 aliphatic heterocycles. The largest absolute Gasteiger partial charge is 0.465 e. The van der Waals surface area contributed by atoms with Gasteiger partial charge in [0.25, 0.3) is 6.29 Å². The van der Waals surface area contributed by atoms with Gasteiger partial charge in [0, 0.05) is 19.3 Å². The van der Waals surface area contributed by atoms with Crippen molar-refractivity contribution >= 4 is 52.5 Å². The molecule has 0 saturated carbocycles. The van der Waals surface area contributed by atoms with Crippen LogP contribution in [0.1, 0.15) is 194 Å². The van der Waals surface area contributed by atoms with Gasteiger partial charge < -0.3 is 28.4 Å². The normalized spacial score (nSPS) is 10.5. The number of benzene rings is 3. The van der Waals surface area contributed by atoms with E-state index in [1.165, 1.54) is 0 Å². The zero-order valence-corrected chi connectivity index (χ0v) is 45.4. The van der Waals surface area contributed by atoms with Crippen molar-refractivity contribution in [1.82, 2.24) is 0 Å². The zero-order chi connectivity index (χ0) is 56.6. The Kier molecular flexibility index (Phi) is 32.7. The number of ether oxygens (including phenoxy) is 6. The van der Waals surface area contributed by atoms with Gasteiger partial charge in [0.05, 0.1) is 84.5 Å². The van der Waals surface area contributed by atoms with Crippen LogP contribution in [0.5, 0.6) is 0 Å². The predicted molar refractivity (Wildman–Crippen MR) is 296 cm³/mol. The first-order chi connectivity index (χ1) is 37.8. The number of hydrogen-bond acceptors (Lipinski definition) is 15. The van der Waals surface area contributed by atoms with E-state index in [2.05, 4.69) is 19.7 Å². The number of nitrogens with zero attached hydrogens (tertiary/aromatic N) is 3. The summed E-state index contributed by atoms with van der Waals surface area (Å²) < 4.78 is 32.7. The van der Waals surface area contributed by atoms with Gasteiger partial charge >= 0.3 is 35.8 Å². The topological polar surface area (TPSA) is 229 Å². The average molecular weight is 1070 g/mol. The summed E-state index contributed by atoms with van der Waals surface area (Å²) in [6.45, 7) is 12.2. The molecule has 0 amide bonds.